The van der Waals surface area contributed by atoms with Crippen molar-refractivity contribution in [2.45, 2.75) is 51.9 Å². The minimum Gasteiger partial charge on any atom is -0.293 e. The molecule has 0 atom stereocenters. The second-order valence-electron chi connectivity index (χ2n) is 8.28. The Kier molecular flexibility index (Phi) is 5.84. The van der Waals surface area contributed by atoms with E-state index in [1.807, 2.05) is 79.7 Å². The summed E-state index contributed by atoms with van der Waals surface area (Å²) < 4.78 is 0. The molecule has 3 rings (SSSR count). The van der Waals surface area contributed by atoms with Crippen LogP contribution in [-0.2, 0) is 5.41 Å². The number of hydrogen-bond donors (Lipinski definition) is 0. The monoisotopic (exact) mass is 369 g/mol. The number of carbonyl (C=O) groups excluding carboxylic acids is 1. The van der Waals surface area contributed by atoms with Gasteiger partial charge in [-0.2, -0.15) is 0 Å². The third-order valence-corrected chi connectivity index (χ3v) is 5.57. The minimum atomic E-state index is -0.744. The van der Waals surface area contributed by atoms with E-state index in [0.29, 0.717) is 11.8 Å². The van der Waals surface area contributed by atoms with Gasteiger partial charge in [0.2, 0.25) is 0 Å². The number of hydrogen-bond acceptors (Lipinski definition) is 1. The molecule has 0 unspecified atom stereocenters. The molecule has 0 heterocycles. The van der Waals surface area contributed by atoms with Gasteiger partial charge in [-0.3, -0.25) is 4.79 Å². The summed E-state index contributed by atoms with van der Waals surface area (Å²) in [6, 6.07) is 27.8. The van der Waals surface area contributed by atoms with Crippen molar-refractivity contribution in [2.24, 2.45) is 0 Å². The average molecular weight is 370 g/mol. The molecule has 143 valence electrons. The number of Topliss-reactive ketones (excluding diaryl/α,β-unsaturated/α-hetero) is 1. The molecule has 0 aromatic heterocycles. The molecule has 3 aromatic rings. The summed E-state index contributed by atoms with van der Waals surface area (Å²) in [6.45, 7) is 10.6. The van der Waals surface area contributed by atoms with Gasteiger partial charge in [-0.05, 0) is 59.2 Å². The lowest BCUT2D eigenvalue weighted by Crippen LogP contribution is -2.34. The predicted molar refractivity (Wildman–Crippen MR) is 117 cm³/mol. The fourth-order valence-electron chi connectivity index (χ4n) is 3.63. The summed E-state index contributed by atoms with van der Waals surface area (Å²) in [5, 5.41) is 0. The molecule has 0 aliphatic rings. The first-order valence-corrected chi connectivity index (χ1v) is 10.1. The molecule has 0 aliphatic carbocycles. The maximum absolute atomic E-state index is 14.0. The third-order valence-electron chi connectivity index (χ3n) is 5.57. The van der Waals surface area contributed by atoms with Crippen LogP contribution in [0.3, 0.4) is 0 Å². The van der Waals surface area contributed by atoms with Gasteiger partial charge < -0.3 is 0 Å². The molecule has 0 aliphatic heterocycles. The highest BCUT2D eigenvalue weighted by Crippen LogP contribution is 2.36. The Morgan fingerprint density at radius 1 is 0.750 bits per heavy atom. The van der Waals surface area contributed by atoms with E-state index in [1.165, 1.54) is 0 Å². The van der Waals surface area contributed by atoms with Crippen LogP contribution in [0.2, 0.25) is 0 Å². The fourth-order valence-corrected chi connectivity index (χ4v) is 3.63. The molecule has 0 bridgehead atoms. The topological polar surface area (TPSA) is 17.1 Å². The normalized spacial score (nSPS) is 11.8. The summed E-state index contributed by atoms with van der Waals surface area (Å²) in [5.74, 6) is 0.776. The van der Waals surface area contributed by atoms with Crippen molar-refractivity contribution < 1.29 is 4.79 Å². The van der Waals surface area contributed by atoms with E-state index in [4.69, 9.17) is 0 Å². The lowest BCUT2D eigenvalue weighted by atomic mass is 9.70. The predicted octanol–water partition coefficient (Wildman–Crippen LogP) is 6.92. The van der Waals surface area contributed by atoms with E-state index >= 15 is 0 Å². The summed E-state index contributed by atoms with van der Waals surface area (Å²) in [4.78, 5) is 14.0. The molecule has 0 spiro atoms. The Morgan fingerprint density at radius 3 is 1.50 bits per heavy atom. The SMILES string of the molecule is CC(C)c1[c]c(C(C)C)cc(C(=O)C(C)(c2ccccc2)c2ccccc2)c1. The summed E-state index contributed by atoms with van der Waals surface area (Å²) >= 11 is 0. The summed E-state index contributed by atoms with van der Waals surface area (Å²) in [6.07, 6.45) is 0. The molecule has 0 N–H and O–H groups in total. The first kappa shape index (κ1) is 20.1. The first-order valence-electron chi connectivity index (χ1n) is 10.1. The van der Waals surface area contributed by atoms with E-state index in [1.54, 1.807) is 0 Å². The van der Waals surface area contributed by atoms with Crippen molar-refractivity contribution in [2.75, 3.05) is 0 Å². The molecular weight excluding hydrogens is 340 g/mol. The van der Waals surface area contributed by atoms with Gasteiger partial charge in [-0.25, -0.2) is 0 Å². The highest BCUT2D eigenvalue weighted by atomic mass is 16.1. The summed E-state index contributed by atoms with van der Waals surface area (Å²) in [7, 11) is 0. The zero-order valence-electron chi connectivity index (χ0n) is 17.5. The number of rotatable bonds is 6. The van der Waals surface area contributed by atoms with Crippen molar-refractivity contribution in [1.29, 1.82) is 0 Å². The van der Waals surface area contributed by atoms with Gasteiger partial charge >= 0.3 is 0 Å². The van der Waals surface area contributed by atoms with Gasteiger partial charge in [0.05, 0.1) is 5.41 Å². The van der Waals surface area contributed by atoms with E-state index in [9.17, 15) is 4.79 Å². The van der Waals surface area contributed by atoms with Crippen LogP contribution in [0.1, 0.15) is 79.1 Å². The molecule has 1 heteroatoms. The fraction of sp³-hybridized carbons (Fsp3) is 0.296. The first-order chi connectivity index (χ1) is 13.3. The molecular formula is C27H29O. The second-order valence-corrected chi connectivity index (χ2v) is 8.28. The van der Waals surface area contributed by atoms with Crippen LogP contribution in [0.25, 0.3) is 0 Å². The van der Waals surface area contributed by atoms with Crippen LogP contribution in [0.5, 0.6) is 0 Å². The Balaban J connectivity index is 2.21. The number of benzene rings is 3. The lowest BCUT2D eigenvalue weighted by molar-refractivity contribution is 0.0922. The average Bonchev–Trinajstić information content (AvgIpc) is 2.73. The molecule has 0 fully saturated rings. The van der Waals surface area contributed by atoms with Gasteiger partial charge in [-0.1, -0.05) is 88.4 Å². The molecule has 0 saturated carbocycles. The van der Waals surface area contributed by atoms with Gasteiger partial charge in [0.1, 0.15) is 0 Å². The highest BCUT2D eigenvalue weighted by molar-refractivity contribution is 6.06. The smallest absolute Gasteiger partial charge is 0.177 e. The molecule has 0 saturated heterocycles. The van der Waals surface area contributed by atoms with Crippen LogP contribution in [0.15, 0.2) is 72.8 Å². The largest absolute Gasteiger partial charge is 0.293 e. The van der Waals surface area contributed by atoms with Gasteiger partial charge in [0.15, 0.2) is 5.78 Å². The van der Waals surface area contributed by atoms with Crippen LogP contribution in [0.4, 0.5) is 0 Å². The van der Waals surface area contributed by atoms with Crippen LogP contribution < -0.4 is 0 Å². The zero-order valence-corrected chi connectivity index (χ0v) is 17.5. The lowest BCUT2D eigenvalue weighted by Gasteiger charge is -2.30. The Morgan fingerprint density at radius 2 is 1.14 bits per heavy atom. The number of ketones is 1. The Hall–Kier alpha value is -2.67. The summed E-state index contributed by atoms with van der Waals surface area (Å²) in [5.41, 5.74) is 4.23. The van der Waals surface area contributed by atoms with Gasteiger partial charge in [-0.15, -0.1) is 0 Å². The Bertz CT molecular complexity index is 871. The Labute approximate surface area is 169 Å². The third kappa shape index (κ3) is 3.80. The highest BCUT2D eigenvalue weighted by Gasteiger charge is 2.37. The van der Waals surface area contributed by atoms with Crippen molar-refractivity contribution in [3.63, 3.8) is 0 Å². The van der Waals surface area contributed by atoms with Gasteiger partial charge in [0.25, 0.3) is 0 Å². The molecule has 28 heavy (non-hydrogen) atoms. The van der Waals surface area contributed by atoms with Crippen molar-refractivity contribution >= 4 is 5.78 Å². The van der Waals surface area contributed by atoms with E-state index < -0.39 is 5.41 Å². The molecule has 3 aromatic carbocycles. The molecule has 1 nitrogen and oxygen atoms in total. The van der Waals surface area contributed by atoms with Crippen molar-refractivity contribution in [3.8, 4) is 0 Å². The van der Waals surface area contributed by atoms with E-state index in [0.717, 1.165) is 27.8 Å². The number of carbonyl (C=O) groups is 1. The zero-order chi connectivity index (χ0) is 20.3. The quantitative estimate of drug-likeness (QED) is 0.431. The minimum absolute atomic E-state index is 0.128. The maximum Gasteiger partial charge on any atom is 0.177 e. The van der Waals surface area contributed by atoms with E-state index in [-0.39, 0.29) is 5.78 Å². The standard InChI is InChI=1S/C27H29O/c1-19(2)21-16-22(20(3)4)18-23(17-21)26(28)27(5,24-12-8-6-9-13-24)25-14-10-7-11-15-25/h6-15,17-20H,1-5H3. The molecule has 1 radical (unpaired) electrons. The molecule has 0 amide bonds. The van der Waals surface area contributed by atoms with Crippen LogP contribution in [0, 0.1) is 6.07 Å². The van der Waals surface area contributed by atoms with Crippen molar-refractivity contribution in [1.82, 2.24) is 0 Å². The maximum atomic E-state index is 14.0. The van der Waals surface area contributed by atoms with Crippen LogP contribution >= 0.6 is 0 Å². The van der Waals surface area contributed by atoms with E-state index in [2.05, 4.69) is 33.8 Å². The van der Waals surface area contributed by atoms with Crippen LogP contribution in [-0.4, -0.2) is 5.78 Å². The second kappa shape index (κ2) is 8.14. The van der Waals surface area contributed by atoms with Gasteiger partial charge in [0, 0.05) is 5.56 Å². The van der Waals surface area contributed by atoms with Crippen molar-refractivity contribution in [3.05, 3.63) is 107 Å².